The standard InChI is InChI=1S/C41H53N5O9S2/c1-9-24-18-41(24,40(49)45-57(50,51)25-10-11-25)44-37(47)31-17-34(30-14-12-26(21(2)3)39(48)46(30)31)55-33-16-28(38-43-29(20-56-38)22(4)5)42-36-23(6)32(15-13-27(33)36)54-19-35(52-7)53-8/h9,13,15-16,20-22,24-26,30-31,34-35H,1,10-12,14,17-19H2,2-8H3,(H,44,47)(H,45,49)/t24-,26-,30-,31+,34-,41-/m1/s1. The number of nitrogens with one attached hydrogen (secondary N) is 2. The number of pyridine rings is 1. The smallest absolute Gasteiger partial charge is 0.259 e. The summed E-state index contributed by atoms with van der Waals surface area (Å²) in [7, 11) is -0.770. The molecule has 3 aromatic rings. The highest BCUT2D eigenvalue weighted by atomic mass is 32.2. The van der Waals surface area contributed by atoms with Gasteiger partial charge in [-0.1, -0.05) is 33.8 Å². The Morgan fingerprint density at radius 1 is 1.09 bits per heavy atom. The zero-order valence-electron chi connectivity index (χ0n) is 33.6. The van der Waals surface area contributed by atoms with Gasteiger partial charge in [-0.15, -0.1) is 17.9 Å². The van der Waals surface area contributed by atoms with E-state index in [4.69, 9.17) is 28.9 Å². The monoisotopic (exact) mass is 823 g/mol. The van der Waals surface area contributed by atoms with Gasteiger partial charge in [0.25, 0.3) is 5.91 Å². The van der Waals surface area contributed by atoms with Crippen LogP contribution in [0.15, 0.2) is 36.2 Å². The summed E-state index contributed by atoms with van der Waals surface area (Å²) in [5.41, 5.74) is 1.51. The number of hydrogen-bond acceptors (Lipinski definition) is 12. The lowest BCUT2D eigenvalue weighted by Crippen LogP contribution is -2.59. The number of ether oxygens (including phenoxy) is 4. The fourth-order valence-corrected chi connectivity index (χ4v) is 10.5. The van der Waals surface area contributed by atoms with E-state index >= 15 is 0 Å². The number of hydrogen-bond donors (Lipinski definition) is 2. The zero-order valence-corrected chi connectivity index (χ0v) is 35.2. The fourth-order valence-electron chi connectivity index (χ4n) is 8.17. The predicted molar refractivity (Wildman–Crippen MR) is 215 cm³/mol. The van der Waals surface area contributed by atoms with Gasteiger partial charge in [0.15, 0.2) is 6.29 Å². The lowest BCUT2D eigenvalue weighted by molar-refractivity contribution is -0.149. The Labute approximate surface area is 338 Å². The van der Waals surface area contributed by atoms with Crippen LogP contribution in [-0.2, 0) is 33.9 Å². The molecule has 2 N–H and O–H groups in total. The number of fused-ring (bicyclic) bond motifs is 2. The van der Waals surface area contributed by atoms with Gasteiger partial charge < -0.3 is 29.2 Å². The molecule has 6 atom stereocenters. The van der Waals surface area contributed by atoms with Crippen LogP contribution < -0.4 is 19.5 Å². The highest BCUT2D eigenvalue weighted by molar-refractivity contribution is 7.91. The Hall–Kier alpha value is -4.12. The Morgan fingerprint density at radius 2 is 1.82 bits per heavy atom. The van der Waals surface area contributed by atoms with E-state index in [2.05, 4.69) is 30.5 Å². The van der Waals surface area contributed by atoms with Crippen LogP contribution in [0.3, 0.4) is 0 Å². The Balaban J connectivity index is 1.23. The first-order chi connectivity index (χ1) is 27.1. The number of benzene rings is 1. The van der Waals surface area contributed by atoms with Gasteiger partial charge in [0, 0.05) is 54.9 Å². The van der Waals surface area contributed by atoms with Crippen molar-refractivity contribution in [1.29, 1.82) is 0 Å². The number of carbonyl (C=O) groups is 3. The van der Waals surface area contributed by atoms with Crippen LogP contribution in [0, 0.1) is 24.7 Å². The molecule has 2 saturated heterocycles. The lowest BCUT2D eigenvalue weighted by Gasteiger charge is -2.40. The van der Waals surface area contributed by atoms with Gasteiger partial charge in [-0.25, -0.2) is 18.4 Å². The van der Waals surface area contributed by atoms with Crippen LogP contribution in [0.5, 0.6) is 11.5 Å². The third-order valence-corrected chi connectivity index (χ3v) is 14.6. The molecule has 57 heavy (non-hydrogen) atoms. The first kappa shape index (κ1) is 41.1. The van der Waals surface area contributed by atoms with Gasteiger partial charge in [-0.2, -0.15) is 0 Å². The molecule has 4 heterocycles. The molecule has 308 valence electrons. The second kappa shape index (κ2) is 15.9. The van der Waals surface area contributed by atoms with Crippen molar-refractivity contribution in [2.45, 2.75) is 114 Å². The molecule has 14 nitrogen and oxygen atoms in total. The molecule has 2 aliphatic carbocycles. The van der Waals surface area contributed by atoms with Crippen LogP contribution in [0.2, 0.25) is 0 Å². The summed E-state index contributed by atoms with van der Waals surface area (Å²) in [6, 6.07) is 4.22. The number of sulfonamides is 1. The first-order valence-electron chi connectivity index (χ1n) is 19.7. The van der Waals surface area contributed by atoms with Crippen LogP contribution in [0.4, 0.5) is 0 Å². The SMILES string of the molecule is C=C[C@@H]1C[C@]1(NC(=O)[C@@H]1C[C@@H](Oc2cc(-c3nc(C(C)C)cs3)nc3c(C)c(OCC(OC)OC)ccc23)[C@H]2CC[C@H](C(C)C)C(=O)N21)C(=O)NS(=O)(=O)C1CC1. The molecule has 0 bridgehead atoms. The number of thiazole rings is 1. The molecule has 16 heteroatoms. The van der Waals surface area contributed by atoms with Crippen molar-refractivity contribution in [3.05, 3.63) is 47.5 Å². The molecule has 4 aliphatic rings. The lowest BCUT2D eigenvalue weighted by atomic mass is 9.84. The van der Waals surface area contributed by atoms with Gasteiger partial charge in [-0.05, 0) is 63.0 Å². The summed E-state index contributed by atoms with van der Waals surface area (Å²) in [6.07, 6.45) is 2.99. The summed E-state index contributed by atoms with van der Waals surface area (Å²) in [5.74, 6) is -0.803. The number of piperidine rings is 1. The molecule has 4 fully saturated rings. The second-order valence-electron chi connectivity index (χ2n) is 16.4. The number of aromatic nitrogens is 2. The minimum atomic E-state index is -3.86. The molecule has 2 saturated carbocycles. The molecule has 1 aromatic carbocycles. The molecule has 7 rings (SSSR count). The van der Waals surface area contributed by atoms with E-state index in [-0.39, 0.29) is 43.1 Å². The maximum atomic E-state index is 14.4. The molecule has 0 radical (unpaired) electrons. The molecule has 0 unspecified atom stereocenters. The van der Waals surface area contributed by atoms with Gasteiger partial charge in [0.05, 0.1) is 22.5 Å². The van der Waals surface area contributed by atoms with Crippen molar-refractivity contribution >= 4 is 50.0 Å². The fraction of sp³-hybridized carbons (Fsp3) is 0.585. The zero-order chi connectivity index (χ0) is 41.0. The van der Waals surface area contributed by atoms with Crippen LogP contribution in [0.1, 0.15) is 83.4 Å². The summed E-state index contributed by atoms with van der Waals surface area (Å²) >= 11 is 1.49. The predicted octanol–water partition coefficient (Wildman–Crippen LogP) is 5.24. The number of carbonyl (C=O) groups excluding carboxylic acids is 3. The summed E-state index contributed by atoms with van der Waals surface area (Å²) in [4.78, 5) is 53.9. The maximum Gasteiger partial charge on any atom is 0.259 e. The summed E-state index contributed by atoms with van der Waals surface area (Å²) in [5, 5.41) is 5.76. The van der Waals surface area contributed by atoms with Crippen molar-refractivity contribution in [1.82, 2.24) is 24.9 Å². The number of aryl methyl sites for hydroxylation is 1. The van der Waals surface area contributed by atoms with Crippen molar-refractivity contribution in [2.75, 3.05) is 20.8 Å². The molecule has 3 amide bonds. The van der Waals surface area contributed by atoms with Gasteiger partial charge >= 0.3 is 0 Å². The maximum absolute atomic E-state index is 14.4. The quantitative estimate of drug-likeness (QED) is 0.143. The van der Waals surface area contributed by atoms with E-state index in [1.165, 1.54) is 11.3 Å². The first-order valence-corrected chi connectivity index (χ1v) is 22.1. The van der Waals surface area contributed by atoms with Crippen molar-refractivity contribution < 1.29 is 41.7 Å². The summed E-state index contributed by atoms with van der Waals surface area (Å²) < 4.78 is 51.5. The highest BCUT2D eigenvalue weighted by Gasteiger charge is 2.62. The number of amides is 3. The Bertz CT molecular complexity index is 2170. The number of rotatable bonds is 16. The van der Waals surface area contributed by atoms with E-state index in [1.54, 1.807) is 25.2 Å². The average Bonchev–Trinajstić information content (AvgIpc) is 4.07. The summed E-state index contributed by atoms with van der Waals surface area (Å²) in [6.45, 7) is 14.1. The third-order valence-electron chi connectivity index (χ3n) is 11.9. The van der Waals surface area contributed by atoms with Crippen molar-refractivity contribution in [2.24, 2.45) is 17.8 Å². The molecule has 2 aromatic heterocycles. The molecule has 2 aliphatic heterocycles. The minimum absolute atomic E-state index is 0.0450. The van der Waals surface area contributed by atoms with E-state index < -0.39 is 63.0 Å². The average molecular weight is 824 g/mol. The Morgan fingerprint density at radius 3 is 2.44 bits per heavy atom. The highest BCUT2D eigenvalue weighted by Crippen LogP contribution is 2.47. The van der Waals surface area contributed by atoms with Crippen molar-refractivity contribution in [3.8, 4) is 22.2 Å². The third kappa shape index (κ3) is 7.89. The van der Waals surface area contributed by atoms with Gasteiger partial charge in [0.1, 0.15) is 46.5 Å². The number of nitrogens with zero attached hydrogens (tertiary/aromatic N) is 3. The van der Waals surface area contributed by atoms with Gasteiger partial charge in [-0.3, -0.25) is 19.1 Å². The number of methoxy groups -OCH3 is 2. The second-order valence-corrected chi connectivity index (χ2v) is 19.2. The van der Waals surface area contributed by atoms with E-state index in [9.17, 15) is 22.8 Å². The van der Waals surface area contributed by atoms with E-state index in [1.807, 2.05) is 44.4 Å². The Kier molecular flexibility index (Phi) is 11.5. The molecule has 0 spiro atoms. The van der Waals surface area contributed by atoms with Crippen molar-refractivity contribution in [3.63, 3.8) is 0 Å². The van der Waals surface area contributed by atoms with Crippen LogP contribution >= 0.6 is 11.3 Å². The topological polar surface area (TPSA) is 175 Å². The van der Waals surface area contributed by atoms with Crippen LogP contribution in [-0.4, -0.2) is 97.1 Å². The molecular weight excluding hydrogens is 771 g/mol. The largest absolute Gasteiger partial charge is 0.488 e. The minimum Gasteiger partial charge on any atom is -0.488 e. The normalized spacial score (nSPS) is 25.9. The van der Waals surface area contributed by atoms with E-state index in [0.717, 1.165) is 21.7 Å². The van der Waals surface area contributed by atoms with Gasteiger partial charge in [0.2, 0.25) is 21.8 Å². The molecular formula is C41H53N5O9S2. The van der Waals surface area contributed by atoms with Crippen LogP contribution in [0.25, 0.3) is 21.6 Å². The van der Waals surface area contributed by atoms with E-state index in [0.29, 0.717) is 48.4 Å².